The predicted molar refractivity (Wildman–Crippen MR) is 84.8 cm³/mol. The first-order chi connectivity index (χ1) is 11.1. The van der Waals surface area contributed by atoms with E-state index in [1.807, 2.05) is 23.9 Å². The third kappa shape index (κ3) is 2.27. The number of rotatable bonds is 2. The van der Waals surface area contributed by atoms with E-state index in [2.05, 4.69) is 14.9 Å². The Bertz CT molecular complexity index is 760. The number of aromatic nitrogens is 3. The molecule has 4 heterocycles. The third-order valence-corrected chi connectivity index (χ3v) is 4.86. The second-order valence-electron chi connectivity index (χ2n) is 6.23. The molecule has 0 atom stereocenters. The summed E-state index contributed by atoms with van der Waals surface area (Å²) in [5, 5.41) is 0. The number of fused-ring (bicyclic) bond motifs is 1. The minimum atomic E-state index is -0.0136. The van der Waals surface area contributed by atoms with Crippen molar-refractivity contribution in [2.75, 3.05) is 18.0 Å². The van der Waals surface area contributed by atoms with Gasteiger partial charge in [0.05, 0.1) is 5.52 Å². The Balaban J connectivity index is 1.54. The summed E-state index contributed by atoms with van der Waals surface area (Å²) in [6.07, 6.45) is 5.92. The van der Waals surface area contributed by atoms with E-state index in [1.54, 1.807) is 6.33 Å². The molecule has 0 unspecified atom stereocenters. The molecule has 2 aromatic heterocycles. The molecule has 2 aliphatic heterocycles. The highest BCUT2D eigenvalue weighted by atomic mass is 16.2. The van der Waals surface area contributed by atoms with Gasteiger partial charge in [0.1, 0.15) is 11.8 Å². The van der Waals surface area contributed by atoms with Crippen molar-refractivity contribution in [2.45, 2.75) is 31.7 Å². The van der Waals surface area contributed by atoms with Gasteiger partial charge in [0, 0.05) is 45.2 Å². The average molecular weight is 313 g/mol. The maximum Gasteiger partial charge on any atom is 0.229 e. The van der Waals surface area contributed by atoms with Crippen molar-refractivity contribution >= 4 is 28.7 Å². The van der Waals surface area contributed by atoms with E-state index in [0.29, 0.717) is 12.8 Å². The van der Waals surface area contributed by atoms with Crippen LogP contribution in [0.4, 0.5) is 5.82 Å². The highest BCUT2D eigenvalue weighted by Gasteiger charge is 2.36. The Morgan fingerprint density at radius 2 is 1.78 bits per heavy atom. The van der Waals surface area contributed by atoms with Gasteiger partial charge in [0.2, 0.25) is 11.8 Å². The zero-order valence-electron chi connectivity index (χ0n) is 13.1. The zero-order valence-corrected chi connectivity index (χ0v) is 13.1. The van der Waals surface area contributed by atoms with Crippen LogP contribution in [-0.2, 0) is 16.6 Å². The van der Waals surface area contributed by atoms with E-state index in [9.17, 15) is 9.59 Å². The van der Waals surface area contributed by atoms with E-state index in [0.717, 1.165) is 42.8 Å². The van der Waals surface area contributed by atoms with Crippen molar-refractivity contribution in [3.05, 3.63) is 18.6 Å². The van der Waals surface area contributed by atoms with E-state index >= 15 is 0 Å². The van der Waals surface area contributed by atoms with Crippen molar-refractivity contribution in [1.82, 2.24) is 19.4 Å². The Labute approximate surface area is 133 Å². The topological polar surface area (TPSA) is 71.3 Å². The molecular formula is C16H19N5O2. The molecule has 0 radical (unpaired) electrons. The number of carbonyl (C=O) groups excluding carboxylic acids is 2. The summed E-state index contributed by atoms with van der Waals surface area (Å²) < 4.78 is 2.03. The van der Waals surface area contributed by atoms with Crippen molar-refractivity contribution in [3.8, 4) is 0 Å². The highest BCUT2D eigenvalue weighted by molar-refractivity contribution is 6.02. The standard InChI is InChI=1S/C16H19N5O2/c1-19-7-6-12-15(19)16(18-10-17-12)20-8-4-11(5-9-20)21-13(22)2-3-14(21)23/h6-7,10-11H,2-5,8-9H2,1H3. The molecule has 4 rings (SSSR count). The Kier molecular flexibility index (Phi) is 3.28. The molecule has 23 heavy (non-hydrogen) atoms. The van der Waals surface area contributed by atoms with Gasteiger partial charge in [-0.25, -0.2) is 9.97 Å². The van der Waals surface area contributed by atoms with Crippen LogP contribution in [0.1, 0.15) is 25.7 Å². The summed E-state index contributed by atoms with van der Waals surface area (Å²) in [4.78, 5) is 36.3. The molecule has 2 saturated heterocycles. The predicted octanol–water partition coefficient (Wildman–Crippen LogP) is 1.09. The van der Waals surface area contributed by atoms with Crippen molar-refractivity contribution in [2.24, 2.45) is 7.05 Å². The number of anilines is 1. The second kappa shape index (κ2) is 5.33. The molecule has 0 saturated carbocycles. The minimum Gasteiger partial charge on any atom is -0.355 e. The number of imide groups is 1. The van der Waals surface area contributed by atoms with E-state index in [-0.39, 0.29) is 17.9 Å². The summed E-state index contributed by atoms with van der Waals surface area (Å²) in [7, 11) is 1.99. The van der Waals surface area contributed by atoms with Crippen molar-refractivity contribution in [1.29, 1.82) is 0 Å². The van der Waals surface area contributed by atoms with Crippen LogP contribution in [0, 0.1) is 0 Å². The summed E-state index contributed by atoms with van der Waals surface area (Å²) in [5.41, 5.74) is 1.96. The van der Waals surface area contributed by atoms with Gasteiger partial charge in [0.25, 0.3) is 0 Å². The largest absolute Gasteiger partial charge is 0.355 e. The van der Waals surface area contributed by atoms with Gasteiger partial charge < -0.3 is 9.47 Å². The first-order valence-corrected chi connectivity index (χ1v) is 8.01. The number of amides is 2. The summed E-state index contributed by atoms with van der Waals surface area (Å²) >= 11 is 0. The van der Waals surface area contributed by atoms with Crippen LogP contribution < -0.4 is 4.90 Å². The molecule has 2 amide bonds. The molecule has 2 aliphatic rings. The number of piperidine rings is 1. The summed E-state index contributed by atoms with van der Waals surface area (Å²) in [6, 6.07) is 2.02. The van der Waals surface area contributed by atoms with Crippen LogP contribution in [0.2, 0.25) is 0 Å². The molecular weight excluding hydrogens is 294 g/mol. The fourth-order valence-corrected chi connectivity index (χ4v) is 3.67. The Morgan fingerprint density at radius 1 is 1.09 bits per heavy atom. The van der Waals surface area contributed by atoms with Crippen LogP contribution in [0.5, 0.6) is 0 Å². The average Bonchev–Trinajstić information content (AvgIpc) is 3.11. The second-order valence-corrected chi connectivity index (χ2v) is 6.23. The number of nitrogens with zero attached hydrogens (tertiary/aromatic N) is 5. The summed E-state index contributed by atoms with van der Waals surface area (Å²) in [6.45, 7) is 1.58. The maximum absolute atomic E-state index is 11.9. The Morgan fingerprint density at radius 3 is 2.48 bits per heavy atom. The third-order valence-electron chi connectivity index (χ3n) is 4.86. The first-order valence-electron chi connectivity index (χ1n) is 8.01. The first kappa shape index (κ1) is 14.2. The van der Waals surface area contributed by atoms with Gasteiger partial charge in [-0.05, 0) is 18.9 Å². The van der Waals surface area contributed by atoms with Crippen LogP contribution in [0.25, 0.3) is 11.0 Å². The van der Waals surface area contributed by atoms with E-state index in [1.165, 1.54) is 4.90 Å². The minimum absolute atomic E-state index is 0.0136. The lowest BCUT2D eigenvalue weighted by molar-refractivity contribution is -0.141. The van der Waals surface area contributed by atoms with Gasteiger partial charge in [-0.15, -0.1) is 0 Å². The van der Waals surface area contributed by atoms with Gasteiger partial charge in [-0.1, -0.05) is 0 Å². The molecule has 0 aromatic carbocycles. The van der Waals surface area contributed by atoms with Gasteiger partial charge in [-0.2, -0.15) is 0 Å². The number of hydrogen-bond donors (Lipinski definition) is 0. The van der Waals surface area contributed by atoms with Gasteiger partial charge in [-0.3, -0.25) is 14.5 Å². The number of hydrogen-bond acceptors (Lipinski definition) is 5. The van der Waals surface area contributed by atoms with E-state index in [4.69, 9.17) is 0 Å². The van der Waals surface area contributed by atoms with Crippen molar-refractivity contribution in [3.63, 3.8) is 0 Å². The molecule has 0 bridgehead atoms. The molecule has 0 aliphatic carbocycles. The van der Waals surface area contributed by atoms with Gasteiger partial charge in [0.15, 0.2) is 5.82 Å². The molecule has 0 N–H and O–H groups in total. The molecule has 7 heteroatoms. The lowest BCUT2D eigenvalue weighted by Crippen LogP contribution is -2.47. The number of likely N-dealkylation sites (tertiary alicyclic amines) is 1. The molecule has 2 aromatic rings. The van der Waals surface area contributed by atoms with Crippen LogP contribution in [0.3, 0.4) is 0 Å². The van der Waals surface area contributed by atoms with Crippen molar-refractivity contribution < 1.29 is 9.59 Å². The number of aryl methyl sites for hydroxylation is 1. The smallest absolute Gasteiger partial charge is 0.229 e. The Hall–Kier alpha value is -2.44. The zero-order chi connectivity index (χ0) is 16.0. The van der Waals surface area contributed by atoms with Crippen LogP contribution in [0.15, 0.2) is 18.6 Å². The maximum atomic E-state index is 11.9. The molecule has 0 spiro atoms. The number of carbonyl (C=O) groups is 2. The molecule has 7 nitrogen and oxygen atoms in total. The lowest BCUT2D eigenvalue weighted by atomic mass is 10.0. The SMILES string of the molecule is Cn1ccc2ncnc(N3CCC(N4C(=O)CCC4=O)CC3)c21. The van der Waals surface area contributed by atoms with E-state index < -0.39 is 0 Å². The normalized spacial score (nSPS) is 20.0. The fourth-order valence-electron chi connectivity index (χ4n) is 3.67. The van der Waals surface area contributed by atoms with Gasteiger partial charge >= 0.3 is 0 Å². The molecule has 2 fully saturated rings. The summed E-state index contributed by atoms with van der Waals surface area (Å²) in [5.74, 6) is 0.903. The fraction of sp³-hybridized carbons (Fsp3) is 0.500. The highest BCUT2D eigenvalue weighted by Crippen LogP contribution is 2.28. The molecule has 120 valence electrons. The monoisotopic (exact) mass is 313 g/mol. The lowest BCUT2D eigenvalue weighted by Gasteiger charge is -2.36. The van der Waals surface area contributed by atoms with Crippen LogP contribution >= 0.6 is 0 Å². The van der Waals surface area contributed by atoms with Crippen LogP contribution in [-0.4, -0.2) is 50.4 Å². The quantitative estimate of drug-likeness (QED) is 0.776.